The molecule has 2 aliphatic carbocycles. The van der Waals surface area contributed by atoms with Crippen LogP contribution in [-0.2, 0) is 9.53 Å². The molecule has 1 aromatic carbocycles. The van der Waals surface area contributed by atoms with Crippen LogP contribution in [0.3, 0.4) is 0 Å². The first kappa shape index (κ1) is 21.7. The van der Waals surface area contributed by atoms with Crippen molar-refractivity contribution in [2.45, 2.75) is 56.3 Å². The largest absolute Gasteiger partial charge is 0.491 e. The summed E-state index contributed by atoms with van der Waals surface area (Å²) in [4.78, 5) is 10.6. The van der Waals surface area contributed by atoms with Gasteiger partial charge in [-0.05, 0) is 55.9 Å². The molecule has 2 unspecified atom stereocenters. The molecule has 5 atom stereocenters. The van der Waals surface area contributed by atoms with Gasteiger partial charge in [0.1, 0.15) is 24.3 Å². The average Bonchev–Trinajstić information content (AvgIpc) is 3.15. The second kappa shape index (κ2) is 9.69. The molecule has 3 rings (SSSR count). The fraction of sp³-hybridized carbons (Fsp3) is 0.591. The Balaban J connectivity index is 1.45. The Hall–Kier alpha value is -1.96. The molecule has 0 saturated heterocycles. The molecule has 7 heteroatoms. The molecule has 0 amide bonds. The van der Waals surface area contributed by atoms with Gasteiger partial charge >= 0.3 is 5.97 Å². The second-order valence-electron chi connectivity index (χ2n) is 8.02. The Bertz CT molecular complexity index is 706. The molecule has 2 saturated carbocycles. The van der Waals surface area contributed by atoms with E-state index < -0.39 is 17.7 Å². The average molecular weight is 408 g/mol. The number of aliphatic carboxylic acids is 1. The van der Waals surface area contributed by atoms with E-state index in [9.17, 15) is 19.4 Å². The molecule has 2 fully saturated rings. The predicted molar refractivity (Wildman–Crippen MR) is 104 cm³/mol. The van der Waals surface area contributed by atoms with Gasteiger partial charge in [-0.15, -0.1) is 0 Å². The molecule has 160 valence electrons. The van der Waals surface area contributed by atoms with E-state index in [4.69, 9.17) is 14.6 Å². The van der Waals surface area contributed by atoms with Crippen molar-refractivity contribution in [3.8, 4) is 5.75 Å². The van der Waals surface area contributed by atoms with E-state index in [0.29, 0.717) is 25.2 Å². The van der Waals surface area contributed by atoms with Gasteiger partial charge in [0.15, 0.2) is 0 Å². The lowest BCUT2D eigenvalue weighted by Crippen LogP contribution is -2.35. The van der Waals surface area contributed by atoms with Crippen molar-refractivity contribution in [2.24, 2.45) is 11.8 Å². The first-order valence-electron chi connectivity index (χ1n) is 10.2. The van der Waals surface area contributed by atoms with E-state index in [0.717, 1.165) is 19.3 Å². The van der Waals surface area contributed by atoms with E-state index in [-0.39, 0.29) is 36.8 Å². The van der Waals surface area contributed by atoms with Gasteiger partial charge in [-0.2, -0.15) is 0 Å². The van der Waals surface area contributed by atoms with E-state index in [2.05, 4.69) is 0 Å². The van der Waals surface area contributed by atoms with Crippen molar-refractivity contribution >= 4 is 5.97 Å². The molecule has 2 aliphatic rings. The Labute approximate surface area is 170 Å². The molecule has 0 spiro atoms. The van der Waals surface area contributed by atoms with Gasteiger partial charge in [-0.1, -0.05) is 12.2 Å². The molecule has 1 aromatic rings. The highest BCUT2D eigenvalue weighted by Crippen LogP contribution is 2.52. The maximum Gasteiger partial charge on any atom is 0.303 e. The van der Waals surface area contributed by atoms with Crippen molar-refractivity contribution in [3.63, 3.8) is 0 Å². The van der Waals surface area contributed by atoms with E-state index in [1.54, 1.807) is 6.08 Å². The van der Waals surface area contributed by atoms with E-state index in [1.807, 2.05) is 6.08 Å². The van der Waals surface area contributed by atoms with Crippen LogP contribution in [0.5, 0.6) is 5.75 Å². The smallest absolute Gasteiger partial charge is 0.303 e. The summed E-state index contributed by atoms with van der Waals surface area (Å²) < 4.78 is 24.1. The van der Waals surface area contributed by atoms with Gasteiger partial charge in [-0.3, -0.25) is 4.79 Å². The minimum atomic E-state index is -0.842. The third-order valence-electron chi connectivity index (χ3n) is 5.97. The summed E-state index contributed by atoms with van der Waals surface area (Å²) >= 11 is 0. The van der Waals surface area contributed by atoms with Gasteiger partial charge in [0.2, 0.25) is 0 Å². The van der Waals surface area contributed by atoms with Gasteiger partial charge in [0.05, 0.1) is 11.7 Å². The van der Waals surface area contributed by atoms with Crippen LogP contribution in [0.15, 0.2) is 36.4 Å². The number of rotatable bonds is 10. The summed E-state index contributed by atoms with van der Waals surface area (Å²) in [5.74, 6) is -0.586. The Morgan fingerprint density at radius 2 is 2.07 bits per heavy atom. The first-order valence-corrected chi connectivity index (χ1v) is 10.2. The quantitative estimate of drug-likeness (QED) is 0.407. The lowest BCUT2D eigenvalue weighted by Gasteiger charge is -2.28. The Morgan fingerprint density at radius 3 is 2.79 bits per heavy atom. The Kier molecular flexibility index (Phi) is 7.27. The fourth-order valence-corrected chi connectivity index (χ4v) is 4.48. The number of hydrogen-bond donors (Lipinski definition) is 3. The minimum absolute atomic E-state index is 0.0476. The predicted octanol–water partition coefficient (Wildman–Crippen LogP) is 2.92. The van der Waals surface area contributed by atoms with Crippen LogP contribution in [-0.4, -0.2) is 52.3 Å². The highest BCUT2D eigenvalue weighted by atomic mass is 19.1. The van der Waals surface area contributed by atoms with Crippen molar-refractivity contribution in [1.29, 1.82) is 0 Å². The number of hydrogen-bond acceptors (Lipinski definition) is 5. The fourth-order valence-electron chi connectivity index (χ4n) is 4.48. The summed E-state index contributed by atoms with van der Waals surface area (Å²) in [5, 5.41) is 30.0. The summed E-state index contributed by atoms with van der Waals surface area (Å²) in [6.07, 6.45) is 6.27. The minimum Gasteiger partial charge on any atom is -0.491 e. The lowest BCUT2D eigenvalue weighted by molar-refractivity contribution is -0.137. The SMILES string of the molecule is O=C(O)CCCOC1C[C@H]2CC[C@H](C=CC(O)COc3ccc(F)cc3)[C@]2(O)C1. The maximum atomic E-state index is 12.9. The van der Waals surface area contributed by atoms with E-state index >= 15 is 0 Å². The third kappa shape index (κ3) is 5.78. The topological polar surface area (TPSA) is 96.2 Å². The molecule has 0 radical (unpaired) electrons. The van der Waals surface area contributed by atoms with Crippen LogP contribution in [0.2, 0.25) is 0 Å². The normalized spacial score (nSPS) is 29.8. The number of ether oxygens (including phenoxy) is 2. The Morgan fingerprint density at radius 1 is 1.31 bits per heavy atom. The molecule has 0 bridgehead atoms. The molecule has 0 aliphatic heterocycles. The molecular formula is C22H29FO6. The molecule has 29 heavy (non-hydrogen) atoms. The molecule has 0 heterocycles. The number of carboxylic acids is 1. The number of aliphatic hydroxyl groups is 2. The zero-order valence-electron chi connectivity index (χ0n) is 16.4. The highest BCUT2D eigenvalue weighted by molar-refractivity contribution is 5.66. The number of aliphatic hydroxyl groups excluding tert-OH is 1. The van der Waals surface area contributed by atoms with Gasteiger partial charge < -0.3 is 24.8 Å². The summed E-state index contributed by atoms with van der Waals surface area (Å²) in [7, 11) is 0. The number of fused-ring (bicyclic) bond motifs is 1. The molecular weight excluding hydrogens is 379 g/mol. The standard InChI is InChI=1S/C22H29FO6/c23-17-6-9-19(10-7-17)29-14-18(24)8-5-15-3-4-16-12-20(13-22(15,16)27)28-11-1-2-21(25)26/h5-10,15-16,18,20,24,27H,1-4,11-14H2,(H,25,26)/t15-,16-,18?,20?,22-/m1/s1. The van der Waals surface area contributed by atoms with E-state index in [1.165, 1.54) is 24.3 Å². The molecule has 0 aromatic heterocycles. The van der Waals surface area contributed by atoms with Crippen molar-refractivity contribution in [1.82, 2.24) is 0 Å². The molecule has 3 N–H and O–H groups in total. The second-order valence-corrected chi connectivity index (χ2v) is 8.02. The first-order chi connectivity index (χ1) is 13.9. The lowest BCUT2D eigenvalue weighted by atomic mass is 9.86. The van der Waals surface area contributed by atoms with Gasteiger partial charge in [0.25, 0.3) is 0 Å². The maximum absolute atomic E-state index is 12.9. The van der Waals surface area contributed by atoms with Crippen LogP contribution in [0, 0.1) is 17.7 Å². The molecule has 6 nitrogen and oxygen atoms in total. The van der Waals surface area contributed by atoms with Gasteiger partial charge in [-0.25, -0.2) is 4.39 Å². The summed E-state index contributed by atoms with van der Waals surface area (Å²) in [5.41, 5.74) is -0.842. The van der Waals surface area contributed by atoms with Crippen LogP contribution in [0.4, 0.5) is 4.39 Å². The van der Waals surface area contributed by atoms with Crippen LogP contribution in [0.1, 0.15) is 38.5 Å². The van der Waals surface area contributed by atoms with Crippen LogP contribution < -0.4 is 4.74 Å². The van der Waals surface area contributed by atoms with Crippen LogP contribution >= 0.6 is 0 Å². The van der Waals surface area contributed by atoms with Crippen molar-refractivity contribution < 1.29 is 34.0 Å². The van der Waals surface area contributed by atoms with Crippen molar-refractivity contribution in [3.05, 3.63) is 42.2 Å². The summed E-state index contributed by atoms with van der Waals surface area (Å²) in [6.45, 7) is 0.436. The number of carboxylic acid groups (broad SMARTS) is 1. The highest BCUT2D eigenvalue weighted by Gasteiger charge is 2.54. The van der Waals surface area contributed by atoms with Crippen molar-refractivity contribution in [2.75, 3.05) is 13.2 Å². The number of halogens is 1. The van der Waals surface area contributed by atoms with Crippen LogP contribution in [0.25, 0.3) is 0 Å². The van der Waals surface area contributed by atoms with Gasteiger partial charge in [0, 0.05) is 25.4 Å². The zero-order chi connectivity index (χ0) is 20.9. The summed E-state index contributed by atoms with van der Waals surface area (Å²) in [6, 6.07) is 5.61. The zero-order valence-corrected chi connectivity index (χ0v) is 16.4. The third-order valence-corrected chi connectivity index (χ3v) is 5.97. The monoisotopic (exact) mass is 408 g/mol. The number of carbonyl (C=O) groups is 1. The number of benzene rings is 1.